The number of fused-ring (bicyclic) bond motifs is 1. The Morgan fingerprint density at radius 2 is 1.74 bits per heavy atom. The topological polar surface area (TPSA) is 179 Å². The van der Waals surface area contributed by atoms with Crippen molar-refractivity contribution in [2.75, 3.05) is 60.0 Å². The molecule has 2 aliphatic rings. The molecule has 2 atom stereocenters. The van der Waals surface area contributed by atoms with E-state index in [1.807, 2.05) is 0 Å². The SMILES string of the molecule is CCOC(=O)N1CCN(C(=O)[C@H](CCC(=O)O)NC(=O)c2cc(OCC(=O)N3CCC[C@H]3C(=O)N(C)C)c3ccccc3n2)CC1. The molecule has 5 amide bonds. The lowest BCUT2D eigenvalue weighted by atomic mass is 10.1. The number of nitrogens with zero attached hydrogens (tertiary/aromatic N) is 5. The number of likely N-dealkylation sites (tertiary alicyclic amines) is 1. The lowest BCUT2D eigenvalue weighted by molar-refractivity contribution is -0.143. The Bertz CT molecular complexity index is 1470. The van der Waals surface area contributed by atoms with Gasteiger partial charge in [0.2, 0.25) is 11.8 Å². The molecule has 0 aliphatic carbocycles. The number of carboxylic acids is 1. The highest BCUT2D eigenvalue weighted by molar-refractivity contribution is 5.99. The maximum atomic E-state index is 13.5. The summed E-state index contributed by atoms with van der Waals surface area (Å²) in [6.07, 6.45) is 0.256. The zero-order chi connectivity index (χ0) is 33.4. The fourth-order valence-corrected chi connectivity index (χ4v) is 5.52. The Hall–Kier alpha value is -4.95. The van der Waals surface area contributed by atoms with E-state index in [9.17, 15) is 33.9 Å². The number of carboxylic acid groups (broad SMARTS) is 1. The maximum Gasteiger partial charge on any atom is 0.409 e. The first-order chi connectivity index (χ1) is 22.0. The number of pyridine rings is 1. The van der Waals surface area contributed by atoms with E-state index in [0.29, 0.717) is 30.3 Å². The normalized spacial score (nSPS) is 16.9. The highest BCUT2D eigenvalue weighted by Gasteiger charge is 2.35. The molecular formula is C31H40N6O9. The molecule has 1 aromatic heterocycles. The third kappa shape index (κ3) is 8.20. The van der Waals surface area contributed by atoms with Gasteiger partial charge in [-0.25, -0.2) is 9.78 Å². The predicted molar refractivity (Wildman–Crippen MR) is 164 cm³/mol. The van der Waals surface area contributed by atoms with Gasteiger partial charge >= 0.3 is 12.1 Å². The summed E-state index contributed by atoms with van der Waals surface area (Å²) in [6.45, 7) is 2.83. The fraction of sp³-hybridized carbons (Fsp3) is 0.516. The molecule has 4 rings (SSSR count). The molecule has 0 saturated carbocycles. The van der Waals surface area contributed by atoms with Gasteiger partial charge in [-0.2, -0.15) is 0 Å². The van der Waals surface area contributed by atoms with Crippen LogP contribution >= 0.6 is 0 Å². The van der Waals surface area contributed by atoms with Gasteiger partial charge in [-0.15, -0.1) is 0 Å². The molecule has 2 saturated heterocycles. The van der Waals surface area contributed by atoms with Crippen molar-refractivity contribution in [3.05, 3.63) is 36.0 Å². The van der Waals surface area contributed by atoms with Crippen LogP contribution in [0.25, 0.3) is 10.9 Å². The van der Waals surface area contributed by atoms with Gasteiger partial charge in [0.25, 0.3) is 11.8 Å². The van der Waals surface area contributed by atoms with Crippen LogP contribution in [0, 0.1) is 0 Å². The number of nitrogens with one attached hydrogen (secondary N) is 1. The Morgan fingerprint density at radius 1 is 1.04 bits per heavy atom. The zero-order valence-electron chi connectivity index (χ0n) is 26.3. The van der Waals surface area contributed by atoms with Gasteiger partial charge in [0, 0.05) is 64.7 Å². The van der Waals surface area contributed by atoms with Crippen LogP contribution in [0.4, 0.5) is 4.79 Å². The number of benzene rings is 1. The molecule has 15 heteroatoms. The summed E-state index contributed by atoms with van der Waals surface area (Å²) in [6, 6.07) is 6.52. The van der Waals surface area contributed by atoms with Crippen LogP contribution in [-0.4, -0.2) is 137 Å². The van der Waals surface area contributed by atoms with Crippen LogP contribution in [0.5, 0.6) is 5.75 Å². The van der Waals surface area contributed by atoms with Crippen LogP contribution in [-0.2, 0) is 23.9 Å². The molecule has 2 aliphatic heterocycles. The van der Waals surface area contributed by atoms with Crippen molar-refractivity contribution in [3.63, 3.8) is 0 Å². The van der Waals surface area contributed by atoms with Crippen molar-refractivity contribution in [1.82, 2.24) is 29.9 Å². The Morgan fingerprint density at radius 3 is 2.41 bits per heavy atom. The molecule has 2 N–H and O–H groups in total. The average Bonchev–Trinajstić information content (AvgIpc) is 3.54. The molecule has 0 unspecified atom stereocenters. The number of hydrogen-bond donors (Lipinski definition) is 2. The van der Waals surface area contributed by atoms with Crippen LogP contribution in [0.15, 0.2) is 30.3 Å². The van der Waals surface area contributed by atoms with Crippen molar-refractivity contribution in [2.24, 2.45) is 0 Å². The number of ether oxygens (including phenoxy) is 2. The van der Waals surface area contributed by atoms with Crippen molar-refractivity contribution in [3.8, 4) is 5.75 Å². The van der Waals surface area contributed by atoms with E-state index < -0.39 is 36.0 Å². The first-order valence-electron chi connectivity index (χ1n) is 15.3. The molecule has 15 nitrogen and oxygen atoms in total. The monoisotopic (exact) mass is 640 g/mol. The first kappa shape index (κ1) is 33.9. The summed E-state index contributed by atoms with van der Waals surface area (Å²) >= 11 is 0. The van der Waals surface area contributed by atoms with Gasteiger partial charge in [0.15, 0.2) is 6.61 Å². The van der Waals surface area contributed by atoms with Crippen molar-refractivity contribution in [1.29, 1.82) is 0 Å². The van der Waals surface area contributed by atoms with E-state index in [-0.39, 0.29) is 75.5 Å². The molecule has 2 aromatic rings. The molecule has 2 fully saturated rings. The Balaban J connectivity index is 1.49. The van der Waals surface area contributed by atoms with E-state index in [1.165, 1.54) is 25.7 Å². The third-order valence-electron chi connectivity index (χ3n) is 7.93. The maximum absolute atomic E-state index is 13.5. The fourth-order valence-electron chi connectivity index (χ4n) is 5.52. The third-order valence-corrected chi connectivity index (χ3v) is 7.93. The van der Waals surface area contributed by atoms with Crippen LogP contribution < -0.4 is 10.1 Å². The van der Waals surface area contributed by atoms with Gasteiger partial charge in [-0.3, -0.25) is 24.0 Å². The number of piperazine rings is 1. The predicted octanol–water partition coefficient (Wildman–Crippen LogP) is 0.957. The van der Waals surface area contributed by atoms with E-state index in [4.69, 9.17) is 9.47 Å². The van der Waals surface area contributed by atoms with E-state index >= 15 is 0 Å². The van der Waals surface area contributed by atoms with E-state index in [1.54, 1.807) is 45.3 Å². The molecule has 0 bridgehead atoms. The second kappa shape index (κ2) is 15.4. The molecule has 3 heterocycles. The number of carbonyl (C=O) groups is 6. The standard InChI is InChI=1S/C31H40N6O9/c1-4-45-31(44)36-16-14-35(15-17-36)29(42)22(11-12-27(39)40)33-28(41)23-18-25(20-8-5-6-9-21(20)32-23)46-19-26(38)37-13-7-10-24(37)30(43)34(2)3/h5-6,8-9,18,22,24H,4,7,10-17,19H2,1-3H3,(H,33,41)(H,39,40)/t22-,24-/m0/s1. The second-order valence-corrected chi connectivity index (χ2v) is 11.3. The second-order valence-electron chi connectivity index (χ2n) is 11.3. The number of amides is 5. The summed E-state index contributed by atoms with van der Waals surface area (Å²) in [5, 5.41) is 12.5. The summed E-state index contributed by atoms with van der Waals surface area (Å²) in [5.41, 5.74) is 0.311. The minimum atomic E-state index is -1.17. The van der Waals surface area contributed by atoms with Crippen molar-refractivity contribution in [2.45, 2.75) is 44.7 Å². The number of likely N-dealkylation sites (N-methyl/N-ethyl adjacent to an activating group) is 1. The molecule has 248 valence electrons. The molecular weight excluding hydrogens is 600 g/mol. The average molecular weight is 641 g/mol. The zero-order valence-corrected chi connectivity index (χ0v) is 26.3. The summed E-state index contributed by atoms with van der Waals surface area (Å²) < 4.78 is 10.9. The molecule has 46 heavy (non-hydrogen) atoms. The highest BCUT2D eigenvalue weighted by Crippen LogP contribution is 2.26. The minimum absolute atomic E-state index is 0.0942. The lowest BCUT2D eigenvalue weighted by Gasteiger charge is -2.35. The number of aliphatic carboxylic acids is 1. The smallest absolute Gasteiger partial charge is 0.409 e. The number of aromatic nitrogens is 1. The van der Waals surface area contributed by atoms with Gasteiger partial charge in [-0.05, 0) is 38.3 Å². The number of rotatable bonds is 11. The number of carbonyl (C=O) groups excluding carboxylic acids is 5. The molecule has 1 aromatic carbocycles. The Kier molecular flexibility index (Phi) is 11.3. The van der Waals surface area contributed by atoms with Gasteiger partial charge in [0.05, 0.1) is 12.1 Å². The minimum Gasteiger partial charge on any atom is -0.483 e. The Labute approximate surface area is 266 Å². The van der Waals surface area contributed by atoms with Crippen molar-refractivity contribution < 1.29 is 43.3 Å². The molecule has 0 radical (unpaired) electrons. The van der Waals surface area contributed by atoms with E-state index in [0.717, 1.165) is 0 Å². The van der Waals surface area contributed by atoms with Gasteiger partial charge < -0.3 is 39.5 Å². The quantitative estimate of drug-likeness (QED) is 0.359. The summed E-state index contributed by atoms with van der Waals surface area (Å²) in [5.74, 6) is -2.65. The number of para-hydroxylation sites is 1. The van der Waals surface area contributed by atoms with E-state index in [2.05, 4.69) is 10.3 Å². The first-order valence-corrected chi connectivity index (χ1v) is 15.3. The van der Waals surface area contributed by atoms with Crippen molar-refractivity contribution >= 4 is 46.6 Å². The van der Waals surface area contributed by atoms with Crippen LogP contribution in [0.3, 0.4) is 0 Å². The van der Waals surface area contributed by atoms with Crippen LogP contribution in [0.1, 0.15) is 43.1 Å². The number of hydrogen-bond acceptors (Lipinski definition) is 9. The lowest BCUT2D eigenvalue weighted by Crippen LogP contribution is -2.56. The van der Waals surface area contributed by atoms with Gasteiger partial charge in [-0.1, -0.05) is 12.1 Å². The van der Waals surface area contributed by atoms with Gasteiger partial charge in [0.1, 0.15) is 23.5 Å². The highest BCUT2D eigenvalue weighted by atomic mass is 16.6. The summed E-state index contributed by atoms with van der Waals surface area (Å²) in [7, 11) is 3.28. The molecule has 0 spiro atoms. The summed E-state index contributed by atoms with van der Waals surface area (Å²) in [4.78, 5) is 86.4. The largest absolute Gasteiger partial charge is 0.483 e. The van der Waals surface area contributed by atoms with Crippen LogP contribution in [0.2, 0.25) is 0 Å².